The first-order valence-corrected chi connectivity index (χ1v) is 7.48. The highest BCUT2D eigenvalue weighted by Gasteiger charge is 2.25. The number of nitrogens with one attached hydrogen (secondary N) is 2. The van der Waals surface area contributed by atoms with Crippen LogP contribution in [0.4, 0.5) is 0 Å². The van der Waals surface area contributed by atoms with E-state index in [2.05, 4.69) is 10.6 Å². The largest absolute Gasteiger partial charge is 0.380 e. The highest BCUT2D eigenvalue weighted by atomic mass is 32.2. The number of ether oxygens (including phenoxy) is 1. The van der Waals surface area contributed by atoms with E-state index in [0.717, 1.165) is 0 Å². The molecule has 1 fully saturated rings. The van der Waals surface area contributed by atoms with Crippen LogP contribution in [0.2, 0.25) is 0 Å². The number of hydrogen-bond donors (Lipinski definition) is 2. The molecule has 7 heteroatoms. The van der Waals surface area contributed by atoms with Crippen molar-refractivity contribution < 1.29 is 17.9 Å². The first kappa shape index (κ1) is 14.4. The summed E-state index contributed by atoms with van der Waals surface area (Å²) in [7, 11) is -1.41. The van der Waals surface area contributed by atoms with Crippen molar-refractivity contribution in [1.29, 1.82) is 0 Å². The molecule has 1 aliphatic heterocycles. The molecule has 1 aliphatic rings. The standard InChI is InChI=1S/C10H20N2O4S/c1-8(16-2)6-12-10(13)5-9-7-17(14,15)4-3-11-9/h8-9,11H,3-7H2,1-2H3,(H,12,13). The number of rotatable bonds is 5. The molecule has 2 unspecified atom stereocenters. The Morgan fingerprint density at radius 1 is 1.59 bits per heavy atom. The summed E-state index contributed by atoms with van der Waals surface area (Å²) in [6.45, 7) is 2.72. The average molecular weight is 264 g/mol. The zero-order valence-corrected chi connectivity index (χ0v) is 11.0. The van der Waals surface area contributed by atoms with E-state index in [0.29, 0.717) is 13.1 Å². The zero-order valence-electron chi connectivity index (χ0n) is 10.2. The first-order valence-electron chi connectivity index (χ1n) is 5.66. The minimum Gasteiger partial charge on any atom is -0.380 e. The fourth-order valence-electron chi connectivity index (χ4n) is 1.64. The van der Waals surface area contributed by atoms with Crippen LogP contribution < -0.4 is 10.6 Å². The lowest BCUT2D eigenvalue weighted by Gasteiger charge is -2.23. The fraction of sp³-hybridized carbons (Fsp3) is 0.900. The minimum absolute atomic E-state index is 0.0398. The summed E-state index contributed by atoms with van der Waals surface area (Å²) >= 11 is 0. The van der Waals surface area contributed by atoms with Crippen molar-refractivity contribution in [2.75, 3.05) is 31.7 Å². The van der Waals surface area contributed by atoms with E-state index in [4.69, 9.17) is 4.74 Å². The Morgan fingerprint density at radius 2 is 2.29 bits per heavy atom. The molecule has 0 radical (unpaired) electrons. The Bertz CT molecular complexity index is 355. The fourth-order valence-corrected chi connectivity index (χ4v) is 3.08. The molecule has 0 aromatic rings. The van der Waals surface area contributed by atoms with Gasteiger partial charge in [0.05, 0.1) is 17.6 Å². The molecule has 2 N–H and O–H groups in total. The van der Waals surface area contributed by atoms with Crippen molar-refractivity contribution in [3.05, 3.63) is 0 Å². The SMILES string of the molecule is COC(C)CNC(=O)CC1CS(=O)(=O)CCN1. The summed E-state index contributed by atoms with van der Waals surface area (Å²) in [6, 6.07) is -0.272. The number of carbonyl (C=O) groups excluding carboxylic acids is 1. The van der Waals surface area contributed by atoms with E-state index in [1.807, 2.05) is 6.92 Å². The molecule has 17 heavy (non-hydrogen) atoms. The maximum Gasteiger partial charge on any atom is 0.221 e. The van der Waals surface area contributed by atoms with Gasteiger partial charge in [0.1, 0.15) is 0 Å². The highest BCUT2D eigenvalue weighted by Crippen LogP contribution is 2.04. The van der Waals surface area contributed by atoms with Gasteiger partial charge in [0, 0.05) is 32.7 Å². The van der Waals surface area contributed by atoms with Crippen LogP contribution in [0.3, 0.4) is 0 Å². The van der Waals surface area contributed by atoms with E-state index in [1.165, 1.54) is 0 Å². The van der Waals surface area contributed by atoms with Crippen molar-refractivity contribution in [1.82, 2.24) is 10.6 Å². The summed E-state index contributed by atoms with van der Waals surface area (Å²) in [5.41, 5.74) is 0. The topological polar surface area (TPSA) is 84.5 Å². The molecule has 1 rings (SSSR count). The Kier molecular flexibility index (Phi) is 5.35. The Labute approximate surface area is 102 Å². The van der Waals surface area contributed by atoms with Gasteiger partial charge in [0.2, 0.25) is 5.91 Å². The summed E-state index contributed by atoms with van der Waals surface area (Å²) in [5, 5.41) is 5.75. The van der Waals surface area contributed by atoms with Crippen LogP contribution in [0.1, 0.15) is 13.3 Å². The van der Waals surface area contributed by atoms with Crippen molar-refractivity contribution >= 4 is 15.7 Å². The van der Waals surface area contributed by atoms with Crippen LogP contribution in [-0.2, 0) is 19.4 Å². The second-order valence-electron chi connectivity index (χ2n) is 4.32. The van der Waals surface area contributed by atoms with Crippen molar-refractivity contribution in [2.45, 2.75) is 25.5 Å². The maximum absolute atomic E-state index is 11.5. The van der Waals surface area contributed by atoms with E-state index in [-0.39, 0.29) is 36.0 Å². The molecular formula is C10H20N2O4S. The van der Waals surface area contributed by atoms with Gasteiger partial charge in [-0.25, -0.2) is 8.42 Å². The molecule has 0 saturated carbocycles. The molecule has 100 valence electrons. The van der Waals surface area contributed by atoms with Gasteiger partial charge in [-0.3, -0.25) is 4.79 Å². The van der Waals surface area contributed by atoms with Gasteiger partial charge in [0.15, 0.2) is 9.84 Å². The van der Waals surface area contributed by atoms with Crippen LogP contribution in [0.5, 0.6) is 0 Å². The van der Waals surface area contributed by atoms with Crippen LogP contribution >= 0.6 is 0 Å². The van der Waals surface area contributed by atoms with Gasteiger partial charge in [-0.2, -0.15) is 0 Å². The van der Waals surface area contributed by atoms with E-state index < -0.39 is 9.84 Å². The predicted molar refractivity (Wildman–Crippen MR) is 64.5 cm³/mol. The number of sulfone groups is 1. The average Bonchev–Trinajstić information content (AvgIpc) is 2.24. The van der Waals surface area contributed by atoms with Gasteiger partial charge in [-0.05, 0) is 6.92 Å². The summed E-state index contributed by atoms with van der Waals surface area (Å²) in [6.07, 6.45) is 0.150. The lowest BCUT2D eigenvalue weighted by atomic mass is 10.2. The minimum atomic E-state index is -2.98. The summed E-state index contributed by atoms with van der Waals surface area (Å²) in [4.78, 5) is 11.5. The smallest absolute Gasteiger partial charge is 0.221 e. The number of carbonyl (C=O) groups is 1. The second kappa shape index (κ2) is 6.32. The third-order valence-corrected chi connectivity index (χ3v) is 4.46. The molecule has 2 atom stereocenters. The quantitative estimate of drug-likeness (QED) is 0.659. The first-order chi connectivity index (χ1) is 7.93. The molecule has 1 amide bonds. The molecule has 1 heterocycles. The number of methoxy groups -OCH3 is 1. The van der Waals surface area contributed by atoms with Crippen molar-refractivity contribution in [2.24, 2.45) is 0 Å². The van der Waals surface area contributed by atoms with Crippen LogP contribution in [0.15, 0.2) is 0 Å². The number of hydrogen-bond acceptors (Lipinski definition) is 5. The monoisotopic (exact) mass is 264 g/mol. The summed E-state index contributed by atoms with van der Waals surface area (Å²) < 4.78 is 27.7. The molecule has 0 bridgehead atoms. The molecule has 0 spiro atoms. The lowest BCUT2D eigenvalue weighted by molar-refractivity contribution is -0.122. The Balaban J connectivity index is 2.31. The highest BCUT2D eigenvalue weighted by molar-refractivity contribution is 7.91. The third kappa shape index (κ3) is 5.47. The molecule has 6 nitrogen and oxygen atoms in total. The van der Waals surface area contributed by atoms with E-state index in [9.17, 15) is 13.2 Å². The van der Waals surface area contributed by atoms with Gasteiger partial charge in [0.25, 0.3) is 0 Å². The Morgan fingerprint density at radius 3 is 2.88 bits per heavy atom. The van der Waals surface area contributed by atoms with E-state index >= 15 is 0 Å². The van der Waals surface area contributed by atoms with Gasteiger partial charge in [-0.1, -0.05) is 0 Å². The van der Waals surface area contributed by atoms with Gasteiger partial charge in [-0.15, -0.1) is 0 Å². The number of amides is 1. The molecular weight excluding hydrogens is 244 g/mol. The van der Waals surface area contributed by atoms with Crippen LogP contribution in [0, 0.1) is 0 Å². The maximum atomic E-state index is 11.5. The zero-order chi connectivity index (χ0) is 12.9. The van der Waals surface area contributed by atoms with Gasteiger partial charge < -0.3 is 15.4 Å². The Hall–Kier alpha value is -0.660. The van der Waals surface area contributed by atoms with Crippen molar-refractivity contribution in [3.8, 4) is 0 Å². The van der Waals surface area contributed by atoms with Crippen LogP contribution in [0.25, 0.3) is 0 Å². The summed E-state index contributed by atoms with van der Waals surface area (Å²) in [5.74, 6) is 0.0509. The molecule has 0 aromatic carbocycles. The second-order valence-corrected chi connectivity index (χ2v) is 6.55. The third-order valence-electron chi connectivity index (χ3n) is 2.72. The normalized spacial score (nSPS) is 25.2. The molecule has 0 aromatic heterocycles. The predicted octanol–water partition coefficient (Wildman–Crippen LogP) is -1.09. The van der Waals surface area contributed by atoms with E-state index in [1.54, 1.807) is 7.11 Å². The van der Waals surface area contributed by atoms with Gasteiger partial charge >= 0.3 is 0 Å². The van der Waals surface area contributed by atoms with Crippen molar-refractivity contribution in [3.63, 3.8) is 0 Å². The lowest BCUT2D eigenvalue weighted by Crippen LogP contribution is -2.47. The molecule has 1 saturated heterocycles. The van der Waals surface area contributed by atoms with Crippen LogP contribution in [-0.4, -0.2) is 58.2 Å². The molecule has 0 aliphatic carbocycles.